The summed E-state index contributed by atoms with van der Waals surface area (Å²) in [6.45, 7) is 3.77. The number of pyridine rings is 1. The van der Waals surface area contributed by atoms with Gasteiger partial charge in [-0.25, -0.2) is 9.67 Å². The van der Waals surface area contributed by atoms with Crippen molar-refractivity contribution in [1.29, 1.82) is 0 Å². The Morgan fingerprint density at radius 2 is 2.00 bits per heavy atom. The minimum absolute atomic E-state index is 0.0672. The number of carbonyl (C=O) groups excluding carboxylic acids is 1. The molecule has 0 spiro atoms. The number of non-ortho nitro benzene ring substituents is 1. The predicted molar refractivity (Wildman–Crippen MR) is 127 cm³/mol. The van der Waals surface area contributed by atoms with Crippen molar-refractivity contribution in [2.24, 2.45) is 0 Å². The minimum atomic E-state index is -0.521. The molecule has 2 aromatic heterocycles. The van der Waals surface area contributed by atoms with E-state index in [0.29, 0.717) is 17.3 Å². The Balaban J connectivity index is 1.39. The van der Waals surface area contributed by atoms with Crippen LogP contribution in [0.15, 0.2) is 54.7 Å². The van der Waals surface area contributed by atoms with Crippen LogP contribution in [-0.4, -0.2) is 25.6 Å². The SMILES string of the molecule is Cc1cccc(Oc2cc(NC(=O)Cn3nc(C)c4c(C5CC5)ccnc43)cc([N+](=O)[O-])c2)c1. The molecule has 0 aliphatic heterocycles. The maximum Gasteiger partial charge on any atom is 0.275 e. The van der Waals surface area contributed by atoms with Gasteiger partial charge in [-0.3, -0.25) is 14.9 Å². The van der Waals surface area contributed by atoms with Gasteiger partial charge in [0.05, 0.1) is 22.4 Å². The number of nitro benzene ring substituents is 1. The molecule has 5 rings (SSSR count). The van der Waals surface area contributed by atoms with Gasteiger partial charge < -0.3 is 10.1 Å². The molecule has 34 heavy (non-hydrogen) atoms. The van der Waals surface area contributed by atoms with Crippen molar-refractivity contribution in [2.75, 3.05) is 5.32 Å². The number of benzene rings is 2. The Bertz CT molecular complexity index is 1420. The number of hydrogen-bond acceptors (Lipinski definition) is 6. The van der Waals surface area contributed by atoms with E-state index in [1.165, 1.54) is 17.7 Å². The topological polar surface area (TPSA) is 112 Å². The summed E-state index contributed by atoms with van der Waals surface area (Å²) in [7, 11) is 0. The Labute approximate surface area is 195 Å². The molecule has 1 N–H and O–H groups in total. The number of aryl methyl sites for hydroxylation is 2. The molecule has 4 aromatic rings. The van der Waals surface area contributed by atoms with E-state index in [-0.39, 0.29) is 29.6 Å². The smallest absolute Gasteiger partial charge is 0.275 e. The van der Waals surface area contributed by atoms with Crippen molar-refractivity contribution in [3.05, 3.63) is 81.7 Å². The number of aromatic nitrogens is 3. The molecule has 0 unspecified atom stereocenters. The molecule has 1 aliphatic rings. The summed E-state index contributed by atoms with van der Waals surface area (Å²) in [6, 6.07) is 13.6. The van der Waals surface area contributed by atoms with Gasteiger partial charge in [0.25, 0.3) is 5.69 Å². The first-order chi connectivity index (χ1) is 16.4. The van der Waals surface area contributed by atoms with E-state index in [9.17, 15) is 14.9 Å². The molecule has 1 fully saturated rings. The van der Waals surface area contributed by atoms with Gasteiger partial charge in [-0.2, -0.15) is 5.10 Å². The van der Waals surface area contributed by atoms with Crippen molar-refractivity contribution >= 4 is 28.3 Å². The van der Waals surface area contributed by atoms with Crippen LogP contribution >= 0.6 is 0 Å². The van der Waals surface area contributed by atoms with Gasteiger partial charge in [0, 0.05) is 23.7 Å². The fourth-order valence-electron chi connectivity index (χ4n) is 4.13. The summed E-state index contributed by atoms with van der Waals surface area (Å²) in [5, 5.41) is 19.7. The quantitative estimate of drug-likeness (QED) is 0.299. The van der Waals surface area contributed by atoms with Gasteiger partial charge >= 0.3 is 0 Å². The second kappa shape index (κ2) is 8.58. The number of hydrogen-bond donors (Lipinski definition) is 1. The van der Waals surface area contributed by atoms with Gasteiger partial charge in [0.2, 0.25) is 5.91 Å². The Morgan fingerprint density at radius 3 is 2.74 bits per heavy atom. The van der Waals surface area contributed by atoms with Crippen LogP contribution in [-0.2, 0) is 11.3 Å². The van der Waals surface area contributed by atoms with Gasteiger partial charge in [0.15, 0.2) is 5.65 Å². The van der Waals surface area contributed by atoms with Crippen LogP contribution < -0.4 is 10.1 Å². The molecule has 0 atom stereocenters. The monoisotopic (exact) mass is 457 g/mol. The molecule has 0 radical (unpaired) electrons. The first-order valence-corrected chi connectivity index (χ1v) is 11.0. The summed E-state index contributed by atoms with van der Waals surface area (Å²) < 4.78 is 7.39. The zero-order valence-corrected chi connectivity index (χ0v) is 18.8. The third kappa shape index (κ3) is 4.45. The summed E-state index contributed by atoms with van der Waals surface area (Å²) >= 11 is 0. The fraction of sp³-hybridized carbons (Fsp3) is 0.240. The van der Waals surface area contributed by atoms with Crippen molar-refractivity contribution in [3.63, 3.8) is 0 Å². The number of amides is 1. The van der Waals surface area contributed by atoms with Crippen molar-refractivity contribution in [2.45, 2.75) is 39.2 Å². The van der Waals surface area contributed by atoms with E-state index < -0.39 is 4.92 Å². The highest BCUT2D eigenvalue weighted by Crippen LogP contribution is 2.43. The summed E-state index contributed by atoms with van der Waals surface area (Å²) in [6.07, 6.45) is 4.06. The molecule has 1 amide bonds. The van der Waals surface area contributed by atoms with Gasteiger partial charge in [-0.1, -0.05) is 12.1 Å². The minimum Gasteiger partial charge on any atom is -0.457 e. The standard InChI is InChI=1S/C25H23N5O4/c1-15-4-3-5-20(10-15)34-21-12-18(11-19(13-21)30(32)33)27-23(31)14-29-25-24(16(2)28-29)22(8-9-26-25)17-6-7-17/h3-5,8-13,17H,6-7,14H2,1-2H3,(H,27,31). The Kier molecular flexibility index (Phi) is 5.45. The normalized spacial score (nSPS) is 13.1. The number of nitro groups is 1. The van der Waals surface area contributed by atoms with Crippen molar-refractivity contribution < 1.29 is 14.5 Å². The molecule has 0 saturated heterocycles. The zero-order chi connectivity index (χ0) is 23.8. The van der Waals surface area contributed by atoms with E-state index in [1.54, 1.807) is 23.0 Å². The summed E-state index contributed by atoms with van der Waals surface area (Å²) in [5.41, 5.74) is 3.81. The number of ether oxygens (including phenoxy) is 1. The second-order valence-corrected chi connectivity index (χ2v) is 8.56. The molecule has 0 bridgehead atoms. The first kappa shape index (κ1) is 21.6. The van der Waals surface area contributed by atoms with E-state index in [0.717, 1.165) is 29.5 Å². The highest BCUT2D eigenvalue weighted by molar-refractivity contribution is 5.92. The molecule has 2 heterocycles. The zero-order valence-electron chi connectivity index (χ0n) is 18.8. The highest BCUT2D eigenvalue weighted by Gasteiger charge is 2.27. The molecule has 9 nitrogen and oxygen atoms in total. The first-order valence-electron chi connectivity index (χ1n) is 11.0. The van der Waals surface area contributed by atoms with Gasteiger partial charge in [-0.15, -0.1) is 0 Å². The molecule has 172 valence electrons. The van der Waals surface area contributed by atoms with Crippen LogP contribution in [0.1, 0.15) is 35.6 Å². The third-order valence-electron chi connectivity index (χ3n) is 5.76. The lowest BCUT2D eigenvalue weighted by atomic mass is 10.1. The third-order valence-corrected chi connectivity index (χ3v) is 5.76. The lowest BCUT2D eigenvalue weighted by Crippen LogP contribution is -2.20. The lowest BCUT2D eigenvalue weighted by Gasteiger charge is -2.10. The molecular weight excluding hydrogens is 434 g/mol. The lowest BCUT2D eigenvalue weighted by molar-refractivity contribution is -0.384. The van der Waals surface area contributed by atoms with Crippen LogP contribution in [0.5, 0.6) is 11.5 Å². The largest absolute Gasteiger partial charge is 0.457 e. The van der Waals surface area contributed by atoms with E-state index >= 15 is 0 Å². The molecule has 1 saturated carbocycles. The van der Waals surface area contributed by atoms with Crippen molar-refractivity contribution in [1.82, 2.24) is 14.8 Å². The van der Waals surface area contributed by atoms with Crippen LogP contribution in [0, 0.1) is 24.0 Å². The molecule has 1 aliphatic carbocycles. The molecule has 9 heteroatoms. The van der Waals surface area contributed by atoms with E-state index in [2.05, 4.69) is 15.4 Å². The number of rotatable bonds is 7. The number of carbonyl (C=O) groups is 1. The van der Waals surface area contributed by atoms with E-state index in [4.69, 9.17) is 4.74 Å². The van der Waals surface area contributed by atoms with Crippen molar-refractivity contribution in [3.8, 4) is 11.5 Å². The summed E-state index contributed by atoms with van der Waals surface area (Å²) in [5.74, 6) is 0.970. The fourth-order valence-corrected chi connectivity index (χ4v) is 4.13. The predicted octanol–water partition coefficient (Wildman–Crippen LogP) is 5.26. The Hall–Kier alpha value is -4.27. The van der Waals surface area contributed by atoms with Gasteiger partial charge in [0.1, 0.15) is 18.0 Å². The summed E-state index contributed by atoms with van der Waals surface area (Å²) in [4.78, 5) is 28.2. The van der Waals surface area contributed by atoms with Gasteiger partial charge in [-0.05, 0) is 61.9 Å². The molecule has 2 aromatic carbocycles. The van der Waals surface area contributed by atoms with Crippen LogP contribution in [0.3, 0.4) is 0 Å². The average Bonchev–Trinajstić information content (AvgIpc) is 3.58. The average molecular weight is 457 g/mol. The maximum atomic E-state index is 12.9. The maximum absolute atomic E-state index is 12.9. The number of anilines is 1. The van der Waals surface area contributed by atoms with E-state index in [1.807, 2.05) is 38.1 Å². The second-order valence-electron chi connectivity index (χ2n) is 8.56. The molecular formula is C25H23N5O4. The van der Waals surface area contributed by atoms with Crippen LogP contribution in [0.4, 0.5) is 11.4 Å². The van der Waals surface area contributed by atoms with Crippen LogP contribution in [0.25, 0.3) is 11.0 Å². The number of fused-ring (bicyclic) bond motifs is 1. The Morgan fingerprint density at radius 1 is 1.18 bits per heavy atom. The number of nitrogens with zero attached hydrogens (tertiary/aromatic N) is 4. The van der Waals surface area contributed by atoms with Crippen LogP contribution in [0.2, 0.25) is 0 Å². The highest BCUT2D eigenvalue weighted by atomic mass is 16.6. The number of nitrogens with one attached hydrogen (secondary N) is 1.